The molecule has 1 heterocycles. The van der Waals surface area contributed by atoms with Crippen molar-refractivity contribution in [2.75, 3.05) is 11.9 Å². The van der Waals surface area contributed by atoms with E-state index in [0.717, 1.165) is 17.5 Å². The fraction of sp³-hybridized carbons (Fsp3) is 0.118. The predicted octanol–water partition coefficient (Wildman–Crippen LogP) is 4.84. The van der Waals surface area contributed by atoms with Gasteiger partial charge in [0, 0.05) is 23.9 Å². The SMILES string of the molecule is O=C(NCCc1ccc2cc[nH]c2c1)Nc1ccc(Cl)c(Cl)c1. The van der Waals surface area contributed by atoms with Crippen molar-refractivity contribution in [2.45, 2.75) is 6.42 Å². The maximum absolute atomic E-state index is 11.9. The number of hydrogen-bond donors (Lipinski definition) is 3. The molecule has 0 fully saturated rings. The highest BCUT2D eigenvalue weighted by Crippen LogP contribution is 2.24. The Balaban J connectivity index is 1.51. The molecule has 0 saturated heterocycles. The lowest BCUT2D eigenvalue weighted by Crippen LogP contribution is -2.30. The molecule has 0 saturated carbocycles. The van der Waals surface area contributed by atoms with E-state index < -0.39 is 0 Å². The van der Waals surface area contributed by atoms with Gasteiger partial charge < -0.3 is 15.6 Å². The topological polar surface area (TPSA) is 56.9 Å². The zero-order valence-corrected chi connectivity index (χ0v) is 13.7. The van der Waals surface area contributed by atoms with Crippen molar-refractivity contribution in [3.63, 3.8) is 0 Å². The van der Waals surface area contributed by atoms with E-state index in [4.69, 9.17) is 23.2 Å². The summed E-state index contributed by atoms with van der Waals surface area (Å²) in [4.78, 5) is 15.0. The number of aromatic nitrogens is 1. The summed E-state index contributed by atoms with van der Waals surface area (Å²) in [7, 11) is 0. The summed E-state index contributed by atoms with van der Waals surface area (Å²) in [5, 5.41) is 7.58. The number of anilines is 1. The van der Waals surface area contributed by atoms with Crippen molar-refractivity contribution in [3.8, 4) is 0 Å². The summed E-state index contributed by atoms with van der Waals surface area (Å²) in [6.07, 6.45) is 2.67. The first-order chi connectivity index (χ1) is 11.1. The molecule has 3 N–H and O–H groups in total. The van der Waals surface area contributed by atoms with Crippen molar-refractivity contribution in [3.05, 3.63) is 64.3 Å². The molecule has 118 valence electrons. The molecule has 2 amide bonds. The van der Waals surface area contributed by atoms with Crippen molar-refractivity contribution >= 4 is 45.8 Å². The van der Waals surface area contributed by atoms with Crippen LogP contribution in [0.3, 0.4) is 0 Å². The minimum atomic E-state index is -0.274. The number of carbonyl (C=O) groups excluding carboxylic acids is 1. The van der Waals surface area contributed by atoms with Gasteiger partial charge in [-0.1, -0.05) is 35.3 Å². The molecule has 4 nitrogen and oxygen atoms in total. The zero-order chi connectivity index (χ0) is 16.2. The Hall–Kier alpha value is -2.17. The van der Waals surface area contributed by atoms with Gasteiger partial charge in [-0.25, -0.2) is 4.79 Å². The van der Waals surface area contributed by atoms with Gasteiger partial charge in [0.15, 0.2) is 0 Å². The molecule has 3 aromatic rings. The summed E-state index contributed by atoms with van der Waals surface area (Å²) < 4.78 is 0. The number of amides is 2. The van der Waals surface area contributed by atoms with E-state index in [2.05, 4.69) is 33.8 Å². The maximum atomic E-state index is 11.9. The number of nitrogens with one attached hydrogen (secondary N) is 3. The van der Waals surface area contributed by atoms with Crippen LogP contribution >= 0.6 is 23.2 Å². The predicted molar refractivity (Wildman–Crippen MR) is 95.5 cm³/mol. The second kappa shape index (κ2) is 6.94. The quantitative estimate of drug-likeness (QED) is 0.621. The minimum absolute atomic E-state index is 0.274. The summed E-state index contributed by atoms with van der Waals surface area (Å²) in [6, 6.07) is 12.9. The number of benzene rings is 2. The number of urea groups is 1. The Morgan fingerprint density at radius 1 is 1.04 bits per heavy atom. The number of H-pyrrole nitrogens is 1. The average molecular weight is 348 g/mol. The summed E-state index contributed by atoms with van der Waals surface area (Å²) in [5.74, 6) is 0. The van der Waals surface area contributed by atoms with Crippen LogP contribution in [-0.2, 0) is 6.42 Å². The highest BCUT2D eigenvalue weighted by Gasteiger charge is 2.04. The molecule has 2 aromatic carbocycles. The number of aromatic amines is 1. The normalized spacial score (nSPS) is 10.7. The van der Waals surface area contributed by atoms with Crippen LogP contribution in [-0.4, -0.2) is 17.6 Å². The lowest BCUT2D eigenvalue weighted by Gasteiger charge is -2.08. The fourth-order valence-electron chi connectivity index (χ4n) is 2.32. The third-order valence-electron chi connectivity index (χ3n) is 3.50. The molecule has 0 unspecified atom stereocenters. The summed E-state index contributed by atoms with van der Waals surface area (Å²) in [6.45, 7) is 0.541. The first-order valence-electron chi connectivity index (χ1n) is 7.18. The second-order valence-corrected chi connectivity index (χ2v) is 5.97. The maximum Gasteiger partial charge on any atom is 0.319 e. The largest absolute Gasteiger partial charge is 0.361 e. The molecular weight excluding hydrogens is 333 g/mol. The van der Waals surface area contributed by atoms with E-state index in [9.17, 15) is 4.79 Å². The number of carbonyl (C=O) groups is 1. The van der Waals surface area contributed by atoms with Gasteiger partial charge in [-0.2, -0.15) is 0 Å². The highest BCUT2D eigenvalue weighted by molar-refractivity contribution is 6.42. The third-order valence-corrected chi connectivity index (χ3v) is 4.24. The van der Waals surface area contributed by atoms with Crippen molar-refractivity contribution in [2.24, 2.45) is 0 Å². The van der Waals surface area contributed by atoms with Gasteiger partial charge in [-0.15, -0.1) is 0 Å². The molecule has 1 aromatic heterocycles. The van der Waals surface area contributed by atoms with Crippen LogP contribution in [0.2, 0.25) is 10.0 Å². The van der Waals surface area contributed by atoms with Crippen LogP contribution in [0.4, 0.5) is 10.5 Å². The molecule has 6 heteroatoms. The number of rotatable bonds is 4. The molecular formula is C17H15Cl2N3O. The molecule has 0 aliphatic rings. The molecule has 0 aliphatic heterocycles. The molecule has 0 aliphatic carbocycles. The first kappa shape index (κ1) is 15.7. The molecule has 23 heavy (non-hydrogen) atoms. The van der Waals surface area contributed by atoms with Gasteiger partial charge in [-0.3, -0.25) is 0 Å². The molecule has 0 bridgehead atoms. The Kier molecular flexibility index (Phi) is 4.74. The monoisotopic (exact) mass is 347 g/mol. The van der Waals surface area contributed by atoms with E-state index in [1.807, 2.05) is 12.3 Å². The van der Waals surface area contributed by atoms with Crippen LogP contribution in [0, 0.1) is 0 Å². The minimum Gasteiger partial charge on any atom is -0.361 e. The fourth-order valence-corrected chi connectivity index (χ4v) is 2.62. The van der Waals surface area contributed by atoms with E-state index in [1.165, 1.54) is 5.39 Å². The highest BCUT2D eigenvalue weighted by atomic mass is 35.5. The summed E-state index contributed by atoms with van der Waals surface area (Å²) in [5.41, 5.74) is 2.86. The molecule has 0 radical (unpaired) electrons. The van der Waals surface area contributed by atoms with E-state index in [1.54, 1.807) is 18.2 Å². The molecule has 3 rings (SSSR count). The van der Waals surface area contributed by atoms with Gasteiger partial charge in [0.1, 0.15) is 0 Å². The van der Waals surface area contributed by atoms with Crippen molar-refractivity contribution in [1.29, 1.82) is 0 Å². The second-order valence-electron chi connectivity index (χ2n) is 5.16. The lowest BCUT2D eigenvalue weighted by molar-refractivity contribution is 0.252. The van der Waals surface area contributed by atoms with Crippen LogP contribution < -0.4 is 10.6 Å². The van der Waals surface area contributed by atoms with Gasteiger partial charge in [0.25, 0.3) is 0 Å². The summed E-state index contributed by atoms with van der Waals surface area (Å²) >= 11 is 11.8. The van der Waals surface area contributed by atoms with E-state index in [0.29, 0.717) is 22.3 Å². The van der Waals surface area contributed by atoms with Crippen LogP contribution in [0.25, 0.3) is 10.9 Å². The smallest absolute Gasteiger partial charge is 0.319 e. The number of fused-ring (bicyclic) bond motifs is 1. The Labute approximate surface area is 143 Å². The Morgan fingerprint density at radius 2 is 1.91 bits per heavy atom. The van der Waals surface area contributed by atoms with E-state index >= 15 is 0 Å². The van der Waals surface area contributed by atoms with Crippen LogP contribution in [0.15, 0.2) is 48.7 Å². The number of halogens is 2. The van der Waals surface area contributed by atoms with Gasteiger partial charge in [0.05, 0.1) is 10.0 Å². The van der Waals surface area contributed by atoms with Gasteiger partial charge in [0.2, 0.25) is 0 Å². The van der Waals surface area contributed by atoms with Crippen molar-refractivity contribution in [1.82, 2.24) is 10.3 Å². The van der Waals surface area contributed by atoms with Gasteiger partial charge >= 0.3 is 6.03 Å². The van der Waals surface area contributed by atoms with Crippen LogP contribution in [0.5, 0.6) is 0 Å². The Morgan fingerprint density at radius 3 is 2.74 bits per heavy atom. The van der Waals surface area contributed by atoms with Gasteiger partial charge in [-0.05, 0) is 47.7 Å². The number of hydrogen-bond acceptors (Lipinski definition) is 1. The van der Waals surface area contributed by atoms with Crippen molar-refractivity contribution < 1.29 is 4.79 Å². The van der Waals surface area contributed by atoms with Crippen LogP contribution in [0.1, 0.15) is 5.56 Å². The van der Waals surface area contributed by atoms with E-state index in [-0.39, 0.29) is 6.03 Å². The first-order valence-corrected chi connectivity index (χ1v) is 7.93. The molecule has 0 atom stereocenters. The Bertz CT molecular complexity index is 845. The third kappa shape index (κ3) is 3.97. The zero-order valence-electron chi connectivity index (χ0n) is 12.2. The average Bonchev–Trinajstić information content (AvgIpc) is 2.98. The standard InChI is InChI=1S/C17H15Cl2N3O/c18-14-4-3-13(10-15(14)19)22-17(23)21-7-5-11-1-2-12-6-8-20-16(12)9-11/h1-4,6,8-10,20H,5,7H2,(H2,21,22,23). The lowest BCUT2D eigenvalue weighted by atomic mass is 10.1. The molecule has 0 spiro atoms.